The highest BCUT2D eigenvalue weighted by Gasteiger charge is 2.37. The van der Waals surface area contributed by atoms with Gasteiger partial charge in [0.25, 0.3) is 0 Å². The summed E-state index contributed by atoms with van der Waals surface area (Å²) in [5, 5.41) is 4.12. The first-order valence-corrected chi connectivity index (χ1v) is 20.5. The molecule has 45 heavy (non-hydrogen) atoms. The number of nitrogens with two attached hydrogens (primary N) is 1. The zero-order chi connectivity index (χ0) is 31.6. The predicted octanol–water partition coefficient (Wildman–Crippen LogP) is 11.4. The molecule has 0 aromatic rings. The van der Waals surface area contributed by atoms with Crippen LogP contribution >= 0.6 is 0 Å². The van der Waals surface area contributed by atoms with E-state index in [0.717, 1.165) is 65.7 Å². The average Bonchev–Trinajstić information content (AvgIpc) is 3.06. The monoisotopic (exact) mass is 619 g/mol. The van der Waals surface area contributed by atoms with Gasteiger partial charge >= 0.3 is 0 Å². The van der Waals surface area contributed by atoms with Crippen LogP contribution in [0.4, 0.5) is 0 Å². The standard InChI is InChI=1S/C43H74N2/c1-5-34(6-2)37-20-22-39(23-21-37)38-18-16-35(17-19-38)31(3)14-15-41(32(4)42-27-33(28-42)11-9-10-26-44)30-45-43-25-24-36-12-7-8-13-40(36)29-43/h8,13,16,29,31-34,36-39,41-43,45H,5-7,9-12,14-15,17-28,30,44H2,1-4H3. The van der Waals surface area contributed by atoms with E-state index in [2.05, 4.69) is 57.3 Å². The molecule has 0 saturated heterocycles. The third-order valence-electron chi connectivity index (χ3n) is 14.4. The first-order valence-electron chi connectivity index (χ1n) is 20.5. The fourth-order valence-corrected chi connectivity index (χ4v) is 10.9. The smallest absolute Gasteiger partial charge is 0.0256 e. The van der Waals surface area contributed by atoms with E-state index in [4.69, 9.17) is 5.73 Å². The molecule has 2 saturated carbocycles. The minimum atomic E-state index is 0.583. The van der Waals surface area contributed by atoms with Crippen LogP contribution < -0.4 is 11.1 Å². The van der Waals surface area contributed by atoms with Crippen molar-refractivity contribution in [1.82, 2.24) is 5.32 Å². The van der Waals surface area contributed by atoms with Gasteiger partial charge in [0, 0.05) is 6.04 Å². The zero-order valence-corrected chi connectivity index (χ0v) is 30.3. The second-order valence-corrected chi connectivity index (χ2v) is 17.0. The topological polar surface area (TPSA) is 38.0 Å². The third kappa shape index (κ3) is 9.84. The molecule has 0 spiro atoms. The van der Waals surface area contributed by atoms with Crippen molar-refractivity contribution in [2.75, 3.05) is 13.1 Å². The molecule has 0 amide bonds. The number of hydrogen-bond donors (Lipinski definition) is 2. The summed E-state index contributed by atoms with van der Waals surface area (Å²) in [6.07, 6.45) is 38.3. The van der Waals surface area contributed by atoms with Crippen LogP contribution in [0, 0.1) is 59.2 Å². The van der Waals surface area contributed by atoms with E-state index in [1.807, 2.05) is 5.57 Å². The Kier molecular flexibility index (Phi) is 14.2. The molecule has 2 fully saturated rings. The Morgan fingerprint density at radius 1 is 0.867 bits per heavy atom. The third-order valence-corrected chi connectivity index (χ3v) is 14.4. The minimum absolute atomic E-state index is 0.583. The van der Waals surface area contributed by atoms with Crippen LogP contribution in [0.5, 0.6) is 0 Å². The molecule has 0 aromatic heterocycles. The summed E-state index contributed by atoms with van der Waals surface area (Å²) in [5.41, 5.74) is 9.22. The van der Waals surface area contributed by atoms with Gasteiger partial charge in [-0.2, -0.15) is 0 Å². The number of nitrogens with one attached hydrogen (secondary N) is 1. The van der Waals surface area contributed by atoms with Gasteiger partial charge in [-0.15, -0.1) is 0 Å². The summed E-state index contributed by atoms with van der Waals surface area (Å²) >= 11 is 0. The number of rotatable bonds is 17. The van der Waals surface area contributed by atoms with Crippen LogP contribution in [0.2, 0.25) is 0 Å². The van der Waals surface area contributed by atoms with Crippen LogP contribution in [0.3, 0.4) is 0 Å². The van der Waals surface area contributed by atoms with Crippen molar-refractivity contribution in [3.05, 3.63) is 35.5 Å². The van der Waals surface area contributed by atoms with Crippen molar-refractivity contribution >= 4 is 0 Å². The second-order valence-electron chi connectivity index (χ2n) is 17.0. The Hall–Kier alpha value is -0.860. The molecule has 5 aliphatic rings. The number of allylic oxidation sites excluding steroid dienone is 5. The van der Waals surface area contributed by atoms with Crippen molar-refractivity contribution in [2.45, 2.75) is 162 Å². The van der Waals surface area contributed by atoms with Crippen molar-refractivity contribution in [3.63, 3.8) is 0 Å². The summed E-state index contributed by atoms with van der Waals surface area (Å²) < 4.78 is 0. The summed E-state index contributed by atoms with van der Waals surface area (Å²) in [5.74, 6) is 9.16. The van der Waals surface area contributed by atoms with Gasteiger partial charge in [-0.1, -0.05) is 83.3 Å². The van der Waals surface area contributed by atoms with Gasteiger partial charge in [-0.05, 0) is 181 Å². The van der Waals surface area contributed by atoms with E-state index in [1.165, 1.54) is 135 Å². The molecule has 3 N–H and O–H groups in total. The highest BCUT2D eigenvalue weighted by atomic mass is 14.9. The fraction of sp³-hybridized carbons (Fsp3) is 0.860. The van der Waals surface area contributed by atoms with E-state index in [0.29, 0.717) is 6.04 Å². The lowest BCUT2D eigenvalue weighted by Crippen LogP contribution is -2.40. The zero-order valence-electron chi connectivity index (χ0n) is 30.3. The highest BCUT2D eigenvalue weighted by molar-refractivity contribution is 5.28. The largest absolute Gasteiger partial charge is 0.330 e. The van der Waals surface area contributed by atoms with Crippen molar-refractivity contribution in [1.29, 1.82) is 0 Å². The quantitative estimate of drug-likeness (QED) is 0.126. The maximum atomic E-state index is 5.78. The van der Waals surface area contributed by atoms with Gasteiger partial charge in [0.1, 0.15) is 0 Å². The molecule has 0 heterocycles. The van der Waals surface area contributed by atoms with E-state index in [9.17, 15) is 0 Å². The Bertz CT molecular complexity index is 943. The molecule has 2 nitrogen and oxygen atoms in total. The van der Waals surface area contributed by atoms with Crippen molar-refractivity contribution in [2.24, 2.45) is 64.9 Å². The van der Waals surface area contributed by atoms with E-state index >= 15 is 0 Å². The molecule has 5 aliphatic carbocycles. The first kappa shape index (κ1) is 35.4. The van der Waals surface area contributed by atoms with Crippen molar-refractivity contribution < 1.29 is 0 Å². The predicted molar refractivity (Wildman–Crippen MR) is 196 cm³/mol. The Balaban J connectivity index is 1.11. The molecular weight excluding hydrogens is 544 g/mol. The van der Waals surface area contributed by atoms with Crippen LogP contribution in [0.25, 0.3) is 0 Å². The highest BCUT2D eigenvalue weighted by Crippen LogP contribution is 2.46. The normalized spacial score (nSPS) is 34.0. The lowest BCUT2D eigenvalue weighted by atomic mass is 9.63. The van der Waals surface area contributed by atoms with E-state index < -0.39 is 0 Å². The minimum Gasteiger partial charge on any atom is -0.330 e. The SMILES string of the molecule is CCC(CC)C1CCC(C2CC=C(C(C)CCC(CNC3C=C4C=CCCC4CC3)C(C)C3CC(CCCCN)C3)CC2)CC1. The molecule has 2 heteroatoms. The van der Waals surface area contributed by atoms with Crippen LogP contribution in [0.15, 0.2) is 35.5 Å². The fourth-order valence-electron chi connectivity index (χ4n) is 10.9. The van der Waals surface area contributed by atoms with Crippen LogP contribution in [-0.4, -0.2) is 19.1 Å². The van der Waals surface area contributed by atoms with Crippen molar-refractivity contribution in [3.8, 4) is 0 Å². The number of unbranched alkanes of at least 4 members (excludes halogenated alkanes) is 1. The summed E-state index contributed by atoms with van der Waals surface area (Å²) in [6, 6.07) is 0.583. The molecule has 6 unspecified atom stereocenters. The molecule has 0 radical (unpaired) electrons. The molecule has 6 atom stereocenters. The lowest BCUT2D eigenvalue weighted by molar-refractivity contribution is 0.0818. The van der Waals surface area contributed by atoms with Gasteiger partial charge in [0.15, 0.2) is 0 Å². The molecule has 0 aliphatic heterocycles. The van der Waals surface area contributed by atoms with Gasteiger partial charge in [0.2, 0.25) is 0 Å². The molecule has 0 bridgehead atoms. The summed E-state index contributed by atoms with van der Waals surface area (Å²) in [4.78, 5) is 0. The number of hydrogen-bond acceptors (Lipinski definition) is 2. The van der Waals surface area contributed by atoms with Gasteiger partial charge < -0.3 is 11.1 Å². The van der Waals surface area contributed by atoms with Gasteiger partial charge in [0.05, 0.1) is 0 Å². The maximum absolute atomic E-state index is 5.78. The van der Waals surface area contributed by atoms with Crippen LogP contribution in [-0.2, 0) is 0 Å². The van der Waals surface area contributed by atoms with Crippen LogP contribution in [0.1, 0.15) is 156 Å². The Morgan fingerprint density at radius 3 is 2.38 bits per heavy atom. The molecular formula is C43H74N2. The lowest BCUT2D eigenvalue weighted by Gasteiger charge is -2.43. The molecule has 0 aromatic carbocycles. The summed E-state index contributed by atoms with van der Waals surface area (Å²) in [7, 11) is 0. The summed E-state index contributed by atoms with van der Waals surface area (Å²) in [6.45, 7) is 12.1. The Labute approximate surface area is 280 Å². The van der Waals surface area contributed by atoms with E-state index in [-0.39, 0.29) is 0 Å². The number of fused-ring (bicyclic) bond motifs is 1. The van der Waals surface area contributed by atoms with Gasteiger partial charge in [-0.25, -0.2) is 0 Å². The molecule has 256 valence electrons. The molecule has 5 rings (SSSR count). The van der Waals surface area contributed by atoms with Gasteiger partial charge in [-0.3, -0.25) is 0 Å². The van der Waals surface area contributed by atoms with E-state index in [1.54, 1.807) is 5.57 Å². The first-order chi connectivity index (χ1) is 22.0. The maximum Gasteiger partial charge on any atom is 0.0256 e. The Morgan fingerprint density at radius 2 is 1.67 bits per heavy atom. The average molecular weight is 619 g/mol. The second kappa shape index (κ2) is 18.1.